The summed E-state index contributed by atoms with van der Waals surface area (Å²) in [4.78, 5) is 24.7. The second-order valence-electron chi connectivity index (χ2n) is 9.36. The number of imide groups is 1. The van der Waals surface area contributed by atoms with Crippen LogP contribution < -0.4 is 15.5 Å². The lowest BCUT2D eigenvalue weighted by Crippen LogP contribution is -2.27. The minimum absolute atomic E-state index is 0.0345. The predicted molar refractivity (Wildman–Crippen MR) is 141 cm³/mol. The minimum Gasteiger partial charge on any atom is -0.508 e. The topological polar surface area (TPSA) is 131 Å². The number of nitrogens with one attached hydrogen (secondary N) is 2. The van der Waals surface area contributed by atoms with E-state index in [4.69, 9.17) is 4.74 Å². The van der Waals surface area contributed by atoms with Crippen LogP contribution in [0.3, 0.4) is 0 Å². The molecule has 1 saturated heterocycles. The van der Waals surface area contributed by atoms with Crippen molar-refractivity contribution in [3.05, 3.63) is 59.2 Å². The number of carbonyl (C=O) groups is 2. The molecule has 0 spiro atoms. The molecule has 1 aliphatic heterocycles. The Balaban J connectivity index is 1.15. The Bertz CT molecular complexity index is 1020. The van der Waals surface area contributed by atoms with E-state index in [0.29, 0.717) is 17.7 Å². The summed E-state index contributed by atoms with van der Waals surface area (Å²) in [7, 11) is 0. The molecule has 3 amide bonds. The fourth-order valence-electron chi connectivity index (χ4n) is 4.27. The SMILES string of the molecule is O=C1CN(c2cccc(CCCCOCCCCCCNC[C@H](O)c3ccc(O)c(CO)c3)c2)C(=O)N1. The van der Waals surface area contributed by atoms with Crippen molar-refractivity contribution in [1.29, 1.82) is 0 Å². The third kappa shape index (κ3) is 9.44. The molecular weight excluding hydrogens is 474 g/mol. The third-order valence-electron chi connectivity index (χ3n) is 6.41. The van der Waals surface area contributed by atoms with Gasteiger partial charge in [-0.25, -0.2) is 4.79 Å². The van der Waals surface area contributed by atoms with Crippen LogP contribution in [0, 0.1) is 0 Å². The monoisotopic (exact) mass is 513 g/mol. The molecule has 0 aliphatic carbocycles. The summed E-state index contributed by atoms with van der Waals surface area (Å²) in [5.41, 5.74) is 2.98. The number of aryl methyl sites for hydroxylation is 1. The average Bonchev–Trinajstić information content (AvgIpc) is 3.24. The highest BCUT2D eigenvalue weighted by molar-refractivity contribution is 6.12. The van der Waals surface area contributed by atoms with E-state index in [1.54, 1.807) is 12.1 Å². The number of hydrogen-bond acceptors (Lipinski definition) is 7. The lowest BCUT2D eigenvalue weighted by molar-refractivity contribution is -0.117. The Morgan fingerprint density at radius 3 is 2.54 bits per heavy atom. The number of unbranched alkanes of at least 4 members (excludes halogenated alkanes) is 4. The maximum Gasteiger partial charge on any atom is 0.329 e. The quantitative estimate of drug-likeness (QED) is 0.162. The highest BCUT2D eigenvalue weighted by Gasteiger charge is 2.27. The van der Waals surface area contributed by atoms with Gasteiger partial charge in [-0.1, -0.05) is 31.0 Å². The van der Waals surface area contributed by atoms with Crippen LogP contribution in [0.5, 0.6) is 5.75 Å². The van der Waals surface area contributed by atoms with E-state index < -0.39 is 6.10 Å². The molecule has 2 aromatic rings. The molecule has 0 radical (unpaired) electrons. The molecule has 3 rings (SSSR count). The first-order valence-electron chi connectivity index (χ1n) is 13.1. The summed E-state index contributed by atoms with van der Waals surface area (Å²) in [6, 6.07) is 12.2. The second kappa shape index (κ2) is 15.3. The van der Waals surface area contributed by atoms with Gasteiger partial charge in [0.2, 0.25) is 5.91 Å². The van der Waals surface area contributed by atoms with Crippen molar-refractivity contribution < 1.29 is 29.6 Å². The first-order valence-corrected chi connectivity index (χ1v) is 13.1. The molecule has 1 aliphatic rings. The van der Waals surface area contributed by atoms with Crippen molar-refractivity contribution in [3.8, 4) is 5.75 Å². The Kier molecular flexibility index (Phi) is 11.8. The highest BCUT2D eigenvalue weighted by Crippen LogP contribution is 2.22. The number of nitrogens with zero attached hydrogens (tertiary/aromatic N) is 1. The molecule has 0 unspecified atom stereocenters. The van der Waals surface area contributed by atoms with E-state index in [-0.39, 0.29) is 30.8 Å². The van der Waals surface area contributed by atoms with E-state index in [0.717, 1.165) is 76.0 Å². The van der Waals surface area contributed by atoms with Crippen molar-refractivity contribution >= 4 is 17.6 Å². The predicted octanol–water partition coefficient (Wildman–Crippen LogP) is 3.16. The van der Waals surface area contributed by atoms with E-state index in [9.17, 15) is 24.9 Å². The highest BCUT2D eigenvalue weighted by atomic mass is 16.5. The number of amides is 3. The van der Waals surface area contributed by atoms with Gasteiger partial charge in [-0.15, -0.1) is 0 Å². The fraction of sp³-hybridized carbons (Fsp3) is 0.500. The first-order chi connectivity index (χ1) is 18.0. The average molecular weight is 514 g/mol. The molecule has 1 atom stereocenters. The van der Waals surface area contributed by atoms with Crippen LogP contribution in [0.25, 0.3) is 0 Å². The van der Waals surface area contributed by atoms with Gasteiger partial charge in [-0.2, -0.15) is 0 Å². The van der Waals surface area contributed by atoms with Crippen molar-refractivity contribution in [2.24, 2.45) is 0 Å². The molecule has 37 heavy (non-hydrogen) atoms. The van der Waals surface area contributed by atoms with E-state index in [1.807, 2.05) is 24.3 Å². The van der Waals surface area contributed by atoms with Crippen LogP contribution >= 0.6 is 0 Å². The van der Waals surface area contributed by atoms with Crippen molar-refractivity contribution in [2.45, 2.75) is 57.7 Å². The molecule has 1 heterocycles. The van der Waals surface area contributed by atoms with E-state index in [1.165, 1.54) is 11.0 Å². The maximum atomic E-state index is 11.8. The summed E-state index contributed by atoms with van der Waals surface area (Å²) in [6.07, 6.45) is 6.43. The molecule has 0 bridgehead atoms. The lowest BCUT2D eigenvalue weighted by Gasteiger charge is -2.14. The van der Waals surface area contributed by atoms with Crippen LogP contribution in [-0.2, 0) is 22.6 Å². The molecule has 0 saturated carbocycles. The number of hydrogen-bond donors (Lipinski definition) is 5. The van der Waals surface area contributed by atoms with Gasteiger partial charge in [0, 0.05) is 31.0 Å². The molecule has 202 valence electrons. The van der Waals surface area contributed by atoms with Crippen LogP contribution in [0.15, 0.2) is 42.5 Å². The Morgan fingerprint density at radius 1 is 1.00 bits per heavy atom. The number of aromatic hydroxyl groups is 1. The zero-order chi connectivity index (χ0) is 26.5. The van der Waals surface area contributed by atoms with E-state index in [2.05, 4.69) is 10.6 Å². The standard InChI is InChI=1S/C28H39N3O6/c32-20-23-17-22(11-12-25(23)33)26(34)18-29-13-4-1-2-5-14-37-15-6-3-8-21-9-7-10-24(16-21)31-19-27(35)30-28(31)36/h7,9-12,16-17,26,29,32-34H,1-6,8,13-15,18-20H2,(H,30,35,36)/t26-/m0/s1. The Labute approximate surface area is 218 Å². The van der Waals surface area contributed by atoms with E-state index >= 15 is 0 Å². The van der Waals surface area contributed by atoms with Crippen molar-refractivity contribution in [3.63, 3.8) is 0 Å². The Morgan fingerprint density at radius 2 is 1.78 bits per heavy atom. The minimum atomic E-state index is -0.680. The molecule has 2 aromatic carbocycles. The number of benzene rings is 2. The van der Waals surface area contributed by atoms with Crippen LogP contribution in [-0.4, -0.2) is 60.1 Å². The molecule has 0 aromatic heterocycles. The molecule has 5 N–H and O–H groups in total. The van der Waals surface area contributed by atoms with Gasteiger partial charge in [0.05, 0.1) is 12.7 Å². The number of urea groups is 1. The third-order valence-corrected chi connectivity index (χ3v) is 6.41. The molecule has 9 nitrogen and oxygen atoms in total. The summed E-state index contributed by atoms with van der Waals surface area (Å²) in [6.45, 7) is 2.55. The molecular formula is C28H39N3O6. The van der Waals surface area contributed by atoms with Gasteiger partial charge < -0.3 is 25.4 Å². The number of ether oxygens (including phenoxy) is 1. The zero-order valence-corrected chi connectivity index (χ0v) is 21.3. The normalized spacial score (nSPS) is 14.3. The summed E-state index contributed by atoms with van der Waals surface area (Å²) in [5, 5.41) is 34.7. The van der Waals surface area contributed by atoms with Gasteiger partial charge >= 0.3 is 6.03 Å². The summed E-state index contributed by atoms with van der Waals surface area (Å²) >= 11 is 0. The van der Waals surface area contributed by atoms with Gasteiger partial charge in [-0.3, -0.25) is 15.0 Å². The van der Waals surface area contributed by atoms with Gasteiger partial charge in [0.15, 0.2) is 0 Å². The Hall–Kier alpha value is -2.98. The largest absolute Gasteiger partial charge is 0.508 e. The van der Waals surface area contributed by atoms with Crippen molar-refractivity contribution in [1.82, 2.24) is 10.6 Å². The summed E-state index contributed by atoms with van der Waals surface area (Å²) in [5.74, 6) is -0.239. The van der Waals surface area contributed by atoms with Gasteiger partial charge in [0.25, 0.3) is 0 Å². The number of rotatable bonds is 17. The number of anilines is 1. The summed E-state index contributed by atoms with van der Waals surface area (Å²) < 4.78 is 5.75. The van der Waals surface area contributed by atoms with Crippen LogP contribution in [0.1, 0.15) is 61.3 Å². The second-order valence-corrected chi connectivity index (χ2v) is 9.36. The van der Waals surface area contributed by atoms with Crippen LogP contribution in [0.4, 0.5) is 10.5 Å². The lowest BCUT2D eigenvalue weighted by atomic mass is 10.1. The number of phenols is 1. The number of aliphatic hydroxyl groups excluding tert-OH is 2. The smallest absolute Gasteiger partial charge is 0.329 e. The maximum absolute atomic E-state index is 11.8. The number of carbonyl (C=O) groups excluding carboxylic acids is 2. The van der Waals surface area contributed by atoms with Gasteiger partial charge in [0.1, 0.15) is 12.3 Å². The number of aliphatic hydroxyl groups is 2. The van der Waals surface area contributed by atoms with Gasteiger partial charge in [-0.05, 0) is 74.0 Å². The molecule has 1 fully saturated rings. The zero-order valence-electron chi connectivity index (χ0n) is 21.3. The fourth-order valence-corrected chi connectivity index (χ4v) is 4.27. The van der Waals surface area contributed by atoms with Crippen LogP contribution in [0.2, 0.25) is 0 Å². The van der Waals surface area contributed by atoms with Crippen molar-refractivity contribution in [2.75, 3.05) is 37.7 Å². The molecule has 9 heteroatoms. The first kappa shape index (κ1) is 28.6.